The largest absolute Gasteiger partial charge is 0.494 e. The Hall–Kier alpha value is -3.12. The number of nitrogens with one attached hydrogen (secondary N) is 1. The third-order valence-corrected chi connectivity index (χ3v) is 4.64. The molecule has 3 aromatic rings. The molecule has 144 valence electrons. The van der Waals surface area contributed by atoms with E-state index in [0.29, 0.717) is 25.0 Å². The maximum Gasteiger partial charge on any atom is 0.263 e. The summed E-state index contributed by atoms with van der Waals surface area (Å²) in [6.07, 6.45) is 4.84. The first-order valence-electron chi connectivity index (χ1n) is 8.84. The van der Waals surface area contributed by atoms with Crippen LogP contribution in [0, 0.1) is 0 Å². The number of pyridine rings is 1. The highest BCUT2D eigenvalue weighted by molar-refractivity contribution is 6.48. The molecular weight excluding hydrogens is 378 g/mol. The molecule has 0 aliphatic heterocycles. The number of aromatic nitrogens is 2. The number of hydrogen-bond acceptors (Lipinski definition) is 4. The van der Waals surface area contributed by atoms with Crippen molar-refractivity contribution in [2.75, 3.05) is 13.7 Å². The van der Waals surface area contributed by atoms with Crippen LogP contribution in [0.2, 0.25) is 0 Å². The molecule has 0 saturated carbocycles. The Bertz CT molecular complexity index is 1010. The first kappa shape index (κ1) is 19.6. The quantitative estimate of drug-likeness (QED) is 0.359. The Kier molecular flexibility index (Phi) is 6.45. The van der Waals surface area contributed by atoms with Crippen LogP contribution in [0.5, 0.6) is 5.75 Å². The molecule has 0 fully saturated rings. The molecule has 0 radical (unpaired) electrons. The third kappa shape index (κ3) is 4.23. The summed E-state index contributed by atoms with van der Waals surface area (Å²) in [5.74, 6) is 0.312. The van der Waals surface area contributed by atoms with E-state index >= 15 is 0 Å². The van der Waals surface area contributed by atoms with E-state index in [1.165, 1.54) is 7.05 Å². The van der Waals surface area contributed by atoms with Crippen LogP contribution in [0.25, 0.3) is 16.6 Å². The zero-order valence-corrected chi connectivity index (χ0v) is 16.1. The lowest BCUT2D eigenvalue weighted by molar-refractivity contribution is -0.116. The Morgan fingerprint density at radius 2 is 2.04 bits per heavy atom. The van der Waals surface area contributed by atoms with Gasteiger partial charge in [0.15, 0.2) is 6.29 Å². The summed E-state index contributed by atoms with van der Waals surface area (Å²) in [7, 11) is 1.46. The lowest BCUT2D eigenvalue weighted by Crippen LogP contribution is -2.18. The van der Waals surface area contributed by atoms with Crippen molar-refractivity contribution < 1.29 is 14.3 Å². The van der Waals surface area contributed by atoms with Gasteiger partial charge in [-0.2, -0.15) is 0 Å². The van der Waals surface area contributed by atoms with Crippen LogP contribution in [0.3, 0.4) is 0 Å². The minimum Gasteiger partial charge on any atom is -0.494 e. The standard InChI is InChI=1S/C21H20ClN3O3/c1-23-21(27)19(22)18(14-26)17-13-25(20-16(17)9-5-10-24-20)11-6-12-28-15-7-3-2-4-8-15/h2-5,7-10,13-14H,6,11-12H2,1H3,(H,23,27)/b19-18-. The monoisotopic (exact) mass is 397 g/mol. The van der Waals surface area contributed by atoms with E-state index in [1.54, 1.807) is 18.5 Å². The number of carbonyl (C=O) groups excluding carboxylic acids is 2. The maximum absolute atomic E-state index is 11.9. The van der Waals surface area contributed by atoms with E-state index in [0.717, 1.165) is 23.2 Å². The number of halogens is 1. The predicted molar refractivity (Wildman–Crippen MR) is 109 cm³/mol. The molecule has 28 heavy (non-hydrogen) atoms. The molecule has 1 N–H and O–H groups in total. The fraction of sp³-hybridized carbons (Fsp3) is 0.190. The molecule has 7 heteroatoms. The first-order valence-corrected chi connectivity index (χ1v) is 9.22. The summed E-state index contributed by atoms with van der Waals surface area (Å²) >= 11 is 6.12. The highest BCUT2D eigenvalue weighted by atomic mass is 35.5. The number of ether oxygens (including phenoxy) is 1. The number of hydrogen-bond donors (Lipinski definition) is 1. The van der Waals surface area contributed by atoms with Crippen molar-refractivity contribution in [3.05, 3.63) is 65.5 Å². The van der Waals surface area contributed by atoms with Crippen molar-refractivity contribution in [2.24, 2.45) is 0 Å². The van der Waals surface area contributed by atoms with Crippen LogP contribution in [0.15, 0.2) is 59.9 Å². The number of aryl methyl sites for hydroxylation is 1. The van der Waals surface area contributed by atoms with Crippen LogP contribution in [-0.4, -0.2) is 35.4 Å². The van der Waals surface area contributed by atoms with Crippen LogP contribution in [-0.2, 0) is 16.1 Å². The van der Waals surface area contributed by atoms with E-state index in [9.17, 15) is 9.59 Å². The van der Waals surface area contributed by atoms with Gasteiger partial charge in [-0.1, -0.05) is 29.8 Å². The van der Waals surface area contributed by atoms with E-state index in [2.05, 4.69) is 10.3 Å². The van der Waals surface area contributed by atoms with Crippen molar-refractivity contribution in [3.8, 4) is 5.75 Å². The topological polar surface area (TPSA) is 73.2 Å². The number of allylic oxidation sites excluding steroid dienone is 1. The second-order valence-electron chi connectivity index (χ2n) is 6.05. The number of carbonyl (C=O) groups is 2. The van der Waals surface area contributed by atoms with Gasteiger partial charge in [0.2, 0.25) is 0 Å². The van der Waals surface area contributed by atoms with Gasteiger partial charge in [-0.25, -0.2) is 4.98 Å². The molecule has 0 unspecified atom stereocenters. The molecule has 3 rings (SSSR count). The molecule has 1 amide bonds. The fourth-order valence-electron chi connectivity index (χ4n) is 2.91. The zero-order valence-electron chi connectivity index (χ0n) is 15.4. The van der Waals surface area contributed by atoms with Crippen LogP contribution in [0.1, 0.15) is 12.0 Å². The normalized spacial score (nSPS) is 11.8. The molecule has 0 saturated heterocycles. The molecule has 2 heterocycles. The molecule has 6 nitrogen and oxygen atoms in total. The van der Waals surface area contributed by atoms with Gasteiger partial charge in [0, 0.05) is 42.5 Å². The van der Waals surface area contributed by atoms with Gasteiger partial charge in [-0.3, -0.25) is 9.59 Å². The molecule has 1 aromatic carbocycles. The minimum absolute atomic E-state index is 0.137. The van der Waals surface area contributed by atoms with Gasteiger partial charge < -0.3 is 14.6 Å². The third-order valence-electron chi connectivity index (χ3n) is 4.26. The molecule has 0 aliphatic rings. The number of likely N-dealkylation sites (N-methyl/N-ethyl adjacent to an activating group) is 1. The van der Waals surface area contributed by atoms with Crippen LogP contribution >= 0.6 is 11.6 Å². The van der Waals surface area contributed by atoms with E-state index < -0.39 is 5.91 Å². The number of amides is 1. The Morgan fingerprint density at radius 1 is 1.25 bits per heavy atom. The number of benzene rings is 1. The average molecular weight is 398 g/mol. The lowest BCUT2D eigenvalue weighted by atomic mass is 10.1. The Balaban J connectivity index is 1.84. The Labute approximate surface area is 167 Å². The molecule has 0 spiro atoms. The highest BCUT2D eigenvalue weighted by Gasteiger charge is 2.18. The molecular formula is C21H20ClN3O3. The number of aldehydes is 1. The predicted octanol–water partition coefficient (Wildman–Crippen LogP) is 3.40. The Morgan fingerprint density at radius 3 is 2.75 bits per heavy atom. The summed E-state index contributed by atoms with van der Waals surface area (Å²) in [5, 5.41) is 3.05. The molecule has 0 bridgehead atoms. The summed E-state index contributed by atoms with van der Waals surface area (Å²) in [6, 6.07) is 13.2. The smallest absolute Gasteiger partial charge is 0.263 e. The SMILES string of the molecule is CNC(=O)/C(Cl)=C(\C=O)c1cn(CCCOc2ccccc2)c2ncccc12. The van der Waals surface area contributed by atoms with Crippen LogP contribution in [0.4, 0.5) is 0 Å². The lowest BCUT2D eigenvalue weighted by Gasteiger charge is -2.07. The summed E-state index contributed by atoms with van der Waals surface area (Å²) in [4.78, 5) is 28.0. The van der Waals surface area contributed by atoms with Crippen molar-refractivity contribution in [2.45, 2.75) is 13.0 Å². The van der Waals surface area contributed by atoms with E-state index in [4.69, 9.17) is 16.3 Å². The van der Waals surface area contributed by atoms with Crippen LogP contribution < -0.4 is 10.1 Å². The fourth-order valence-corrected chi connectivity index (χ4v) is 3.16. The maximum atomic E-state index is 11.9. The van der Waals surface area contributed by atoms with Gasteiger partial charge in [0.25, 0.3) is 5.91 Å². The number of fused-ring (bicyclic) bond motifs is 1. The van der Waals surface area contributed by atoms with E-state index in [1.807, 2.05) is 41.0 Å². The van der Waals surface area contributed by atoms with Gasteiger partial charge in [0.05, 0.1) is 6.61 Å². The highest BCUT2D eigenvalue weighted by Crippen LogP contribution is 2.28. The van der Waals surface area contributed by atoms with Gasteiger partial charge in [-0.15, -0.1) is 0 Å². The van der Waals surface area contributed by atoms with Crippen molar-refractivity contribution >= 4 is 40.4 Å². The number of para-hydroxylation sites is 1. The van der Waals surface area contributed by atoms with Crippen molar-refractivity contribution in [1.82, 2.24) is 14.9 Å². The average Bonchev–Trinajstić information content (AvgIpc) is 3.10. The zero-order chi connectivity index (χ0) is 19.9. The second-order valence-corrected chi connectivity index (χ2v) is 6.43. The van der Waals surface area contributed by atoms with Gasteiger partial charge in [-0.05, 0) is 30.7 Å². The second kappa shape index (κ2) is 9.19. The van der Waals surface area contributed by atoms with Gasteiger partial charge in [0.1, 0.15) is 16.4 Å². The summed E-state index contributed by atoms with van der Waals surface area (Å²) < 4.78 is 7.67. The molecule has 2 aromatic heterocycles. The van der Waals surface area contributed by atoms with Gasteiger partial charge >= 0.3 is 0 Å². The summed E-state index contributed by atoms with van der Waals surface area (Å²) in [5.41, 5.74) is 1.44. The summed E-state index contributed by atoms with van der Waals surface area (Å²) in [6.45, 7) is 1.19. The number of nitrogens with zero attached hydrogens (tertiary/aromatic N) is 2. The van der Waals surface area contributed by atoms with Crippen molar-refractivity contribution in [1.29, 1.82) is 0 Å². The first-order chi connectivity index (χ1) is 13.7. The minimum atomic E-state index is -0.509. The molecule has 0 atom stereocenters. The van der Waals surface area contributed by atoms with Crippen molar-refractivity contribution in [3.63, 3.8) is 0 Å². The number of rotatable bonds is 8. The van der Waals surface area contributed by atoms with E-state index in [-0.39, 0.29) is 10.6 Å². The molecule has 0 aliphatic carbocycles.